The van der Waals surface area contributed by atoms with Gasteiger partial charge in [0, 0.05) is 10.1 Å². The third-order valence-electron chi connectivity index (χ3n) is 3.95. The Morgan fingerprint density at radius 2 is 1.94 bits per heavy atom. The summed E-state index contributed by atoms with van der Waals surface area (Å²) in [5, 5.41) is 0.264. The minimum atomic E-state index is -0.890. The summed E-state index contributed by atoms with van der Waals surface area (Å²) in [4.78, 5) is 0.963. The zero-order valence-corrected chi connectivity index (χ0v) is 12.1. The number of hydrogen-bond acceptors (Lipinski definition) is 2. The van der Waals surface area contributed by atoms with Crippen molar-refractivity contribution in [2.75, 3.05) is 6.54 Å². The summed E-state index contributed by atoms with van der Waals surface area (Å²) in [5.41, 5.74) is 7.07. The Bertz CT molecular complexity index is 413. The van der Waals surface area contributed by atoms with Crippen LogP contribution in [-0.4, -0.2) is 16.0 Å². The van der Waals surface area contributed by atoms with E-state index in [0.29, 0.717) is 18.4 Å². The fourth-order valence-corrected chi connectivity index (χ4v) is 4.45. The van der Waals surface area contributed by atoms with Gasteiger partial charge < -0.3 is 5.73 Å². The van der Waals surface area contributed by atoms with Gasteiger partial charge in [-0.3, -0.25) is 4.21 Å². The average molecular weight is 265 g/mol. The van der Waals surface area contributed by atoms with Gasteiger partial charge in [0.2, 0.25) is 0 Å². The van der Waals surface area contributed by atoms with E-state index in [1.165, 1.54) is 12.0 Å². The van der Waals surface area contributed by atoms with Crippen LogP contribution in [-0.2, 0) is 10.8 Å². The van der Waals surface area contributed by atoms with E-state index in [2.05, 4.69) is 26.0 Å². The van der Waals surface area contributed by atoms with E-state index in [0.717, 1.165) is 17.7 Å². The highest BCUT2D eigenvalue weighted by molar-refractivity contribution is 7.85. The van der Waals surface area contributed by atoms with Crippen molar-refractivity contribution in [2.45, 2.75) is 49.2 Å². The van der Waals surface area contributed by atoms with Crippen LogP contribution < -0.4 is 5.73 Å². The largest absolute Gasteiger partial charge is 0.330 e. The van der Waals surface area contributed by atoms with Crippen LogP contribution in [0.1, 0.15) is 44.6 Å². The molecule has 0 bridgehead atoms. The molecule has 3 unspecified atom stereocenters. The third-order valence-corrected chi connectivity index (χ3v) is 5.85. The van der Waals surface area contributed by atoms with Crippen LogP contribution in [0.2, 0.25) is 0 Å². The van der Waals surface area contributed by atoms with Crippen molar-refractivity contribution >= 4 is 10.8 Å². The Morgan fingerprint density at radius 3 is 2.50 bits per heavy atom. The Hall–Kier alpha value is -0.670. The second-order valence-electron chi connectivity index (χ2n) is 5.49. The number of hydrogen-bond donors (Lipinski definition) is 1. The van der Waals surface area contributed by atoms with Crippen molar-refractivity contribution in [2.24, 2.45) is 11.7 Å². The van der Waals surface area contributed by atoms with E-state index in [1.54, 1.807) is 0 Å². The highest BCUT2D eigenvalue weighted by Gasteiger charge is 2.31. The van der Waals surface area contributed by atoms with Crippen LogP contribution in [0.25, 0.3) is 0 Å². The first kappa shape index (κ1) is 13.8. The van der Waals surface area contributed by atoms with Crippen LogP contribution in [0.3, 0.4) is 0 Å². The maximum Gasteiger partial charge on any atom is 0.0564 e. The van der Waals surface area contributed by atoms with Crippen molar-refractivity contribution in [1.29, 1.82) is 0 Å². The third kappa shape index (κ3) is 2.83. The molecular weight excluding hydrogens is 242 g/mol. The molecule has 1 aliphatic carbocycles. The Labute approximate surface area is 112 Å². The van der Waals surface area contributed by atoms with Crippen molar-refractivity contribution < 1.29 is 4.21 Å². The second kappa shape index (κ2) is 5.98. The summed E-state index contributed by atoms with van der Waals surface area (Å²) in [6.07, 6.45) is 3.36. The number of rotatable bonds is 4. The fourth-order valence-electron chi connectivity index (χ4n) is 2.72. The lowest BCUT2D eigenvalue weighted by Crippen LogP contribution is -2.26. The summed E-state index contributed by atoms with van der Waals surface area (Å²) in [5.74, 6) is 0.964. The predicted molar refractivity (Wildman–Crippen MR) is 77.1 cm³/mol. The molecule has 0 spiro atoms. The Morgan fingerprint density at radius 1 is 1.28 bits per heavy atom. The van der Waals surface area contributed by atoms with E-state index >= 15 is 0 Å². The van der Waals surface area contributed by atoms with Crippen molar-refractivity contribution in [3.8, 4) is 0 Å². The van der Waals surface area contributed by atoms with Crippen molar-refractivity contribution in [3.63, 3.8) is 0 Å². The van der Waals surface area contributed by atoms with E-state index < -0.39 is 10.8 Å². The molecule has 2 rings (SSSR count). The van der Waals surface area contributed by atoms with Gasteiger partial charge in [-0.2, -0.15) is 0 Å². The summed E-state index contributed by atoms with van der Waals surface area (Å²) < 4.78 is 12.6. The normalized spacial score (nSPS) is 25.6. The zero-order valence-electron chi connectivity index (χ0n) is 11.3. The van der Waals surface area contributed by atoms with Gasteiger partial charge in [0.05, 0.1) is 10.8 Å². The Kier molecular flexibility index (Phi) is 4.57. The molecule has 1 aromatic rings. The standard InChI is InChI=1S/C15H23NOS/c1-11(2)12-6-8-14(9-7-12)18(17)15-5-3-4-13(15)10-16/h6-9,11,13,15H,3-5,10,16H2,1-2H3. The lowest BCUT2D eigenvalue weighted by atomic mass is 10.0. The van der Waals surface area contributed by atoms with Crippen LogP contribution in [0.15, 0.2) is 29.2 Å². The van der Waals surface area contributed by atoms with E-state index in [1.807, 2.05) is 12.1 Å². The lowest BCUT2D eigenvalue weighted by Gasteiger charge is -2.17. The molecule has 2 N–H and O–H groups in total. The molecule has 2 nitrogen and oxygen atoms in total. The molecule has 1 saturated carbocycles. The van der Waals surface area contributed by atoms with Crippen LogP contribution in [0.5, 0.6) is 0 Å². The molecule has 0 amide bonds. The van der Waals surface area contributed by atoms with Gasteiger partial charge in [-0.1, -0.05) is 32.4 Å². The minimum Gasteiger partial charge on any atom is -0.330 e. The quantitative estimate of drug-likeness (QED) is 0.909. The highest BCUT2D eigenvalue weighted by atomic mass is 32.2. The molecule has 1 fully saturated rings. The SMILES string of the molecule is CC(C)c1ccc(S(=O)C2CCCC2CN)cc1. The van der Waals surface area contributed by atoms with Gasteiger partial charge in [-0.25, -0.2) is 0 Å². The van der Waals surface area contributed by atoms with Crippen LogP contribution in [0.4, 0.5) is 0 Å². The first-order valence-electron chi connectivity index (χ1n) is 6.84. The average Bonchev–Trinajstić information content (AvgIpc) is 2.86. The van der Waals surface area contributed by atoms with Crippen LogP contribution >= 0.6 is 0 Å². The minimum absolute atomic E-state index is 0.264. The number of nitrogens with two attached hydrogens (primary N) is 1. The van der Waals surface area contributed by atoms with Gasteiger partial charge in [-0.05, 0) is 48.9 Å². The monoisotopic (exact) mass is 265 g/mol. The van der Waals surface area contributed by atoms with Crippen molar-refractivity contribution in [3.05, 3.63) is 29.8 Å². The molecule has 3 atom stereocenters. The lowest BCUT2D eigenvalue weighted by molar-refractivity contribution is 0.557. The van der Waals surface area contributed by atoms with Gasteiger partial charge in [0.25, 0.3) is 0 Å². The maximum atomic E-state index is 12.6. The molecule has 0 saturated heterocycles. The molecule has 0 aliphatic heterocycles. The van der Waals surface area contributed by atoms with E-state index in [-0.39, 0.29) is 5.25 Å². The summed E-state index contributed by atoms with van der Waals surface area (Å²) >= 11 is 0. The van der Waals surface area contributed by atoms with Gasteiger partial charge in [0.15, 0.2) is 0 Å². The summed E-state index contributed by atoms with van der Waals surface area (Å²) in [7, 11) is -0.890. The Balaban J connectivity index is 2.13. The molecule has 100 valence electrons. The molecule has 0 heterocycles. The fraction of sp³-hybridized carbons (Fsp3) is 0.600. The van der Waals surface area contributed by atoms with Crippen molar-refractivity contribution in [1.82, 2.24) is 0 Å². The molecule has 1 aromatic carbocycles. The first-order valence-corrected chi connectivity index (χ1v) is 8.05. The number of benzene rings is 1. The second-order valence-corrected chi connectivity index (χ2v) is 7.16. The van der Waals surface area contributed by atoms with Gasteiger partial charge in [-0.15, -0.1) is 0 Å². The molecular formula is C15H23NOS. The molecule has 0 aromatic heterocycles. The van der Waals surface area contributed by atoms with E-state index in [4.69, 9.17) is 5.73 Å². The predicted octanol–water partition coefficient (Wildman–Crippen LogP) is 3.05. The molecule has 18 heavy (non-hydrogen) atoms. The topological polar surface area (TPSA) is 43.1 Å². The molecule has 3 heteroatoms. The highest BCUT2D eigenvalue weighted by Crippen LogP contribution is 2.32. The smallest absolute Gasteiger partial charge is 0.0564 e. The van der Waals surface area contributed by atoms with Gasteiger partial charge >= 0.3 is 0 Å². The van der Waals surface area contributed by atoms with Crippen LogP contribution in [0, 0.1) is 5.92 Å². The summed E-state index contributed by atoms with van der Waals surface area (Å²) in [6, 6.07) is 8.25. The first-order chi connectivity index (χ1) is 8.63. The van der Waals surface area contributed by atoms with E-state index in [9.17, 15) is 4.21 Å². The maximum absolute atomic E-state index is 12.6. The summed E-state index contributed by atoms with van der Waals surface area (Å²) in [6.45, 7) is 5.02. The molecule has 1 aliphatic rings. The van der Waals surface area contributed by atoms with Gasteiger partial charge in [0.1, 0.15) is 0 Å². The molecule has 0 radical (unpaired) electrons. The zero-order chi connectivity index (χ0) is 13.1.